The number of aromatic carboxylic acids is 1. The van der Waals surface area contributed by atoms with E-state index < -0.39 is 21.1 Å². The van der Waals surface area contributed by atoms with Gasteiger partial charge >= 0.3 is 5.97 Å². The van der Waals surface area contributed by atoms with E-state index in [9.17, 15) is 13.2 Å². The predicted molar refractivity (Wildman–Crippen MR) is 73.4 cm³/mol. The molecule has 1 aliphatic rings. The van der Waals surface area contributed by atoms with E-state index in [1.54, 1.807) is 19.1 Å². The summed E-state index contributed by atoms with van der Waals surface area (Å²) >= 11 is 0. The first-order valence-electron chi connectivity index (χ1n) is 6.20. The fourth-order valence-electron chi connectivity index (χ4n) is 2.38. The molecule has 0 aliphatic carbocycles. The monoisotopic (exact) mass is 283 g/mol. The third-order valence-corrected chi connectivity index (χ3v) is 5.75. The molecule has 19 heavy (non-hydrogen) atoms. The molecule has 1 aliphatic heterocycles. The van der Waals surface area contributed by atoms with Crippen LogP contribution in [0.2, 0.25) is 0 Å². The summed E-state index contributed by atoms with van der Waals surface area (Å²) in [6.45, 7) is 2.07. The third kappa shape index (κ3) is 2.89. The number of carbonyl (C=O) groups is 1. The van der Waals surface area contributed by atoms with Crippen molar-refractivity contribution in [1.82, 2.24) is 0 Å². The SMILES string of the molecule is Cc1cccc(C(=O)O)c1NCC1CCCS1(=O)=O. The summed E-state index contributed by atoms with van der Waals surface area (Å²) in [7, 11) is -3.01. The molecule has 0 amide bonds. The average Bonchev–Trinajstić information content (AvgIpc) is 2.66. The highest BCUT2D eigenvalue weighted by Gasteiger charge is 2.31. The van der Waals surface area contributed by atoms with Crippen LogP contribution in [0, 0.1) is 6.92 Å². The zero-order valence-corrected chi connectivity index (χ0v) is 11.5. The molecule has 5 nitrogen and oxygen atoms in total. The molecule has 1 aromatic rings. The number of rotatable bonds is 4. The van der Waals surface area contributed by atoms with Crippen molar-refractivity contribution in [3.05, 3.63) is 29.3 Å². The molecule has 1 aromatic carbocycles. The van der Waals surface area contributed by atoms with Gasteiger partial charge in [-0.1, -0.05) is 12.1 Å². The van der Waals surface area contributed by atoms with Gasteiger partial charge in [0.25, 0.3) is 0 Å². The van der Waals surface area contributed by atoms with Crippen LogP contribution in [0.1, 0.15) is 28.8 Å². The molecule has 1 heterocycles. The van der Waals surface area contributed by atoms with Crippen LogP contribution in [0.15, 0.2) is 18.2 Å². The molecule has 6 heteroatoms. The van der Waals surface area contributed by atoms with Gasteiger partial charge < -0.3 is 10.4 Å². The number of anilines is 1. The summed E-state index contributed by atoms with van der Waals surface area (Å²) in [6, 6.07) is 5.00. The molecule has 1 saturated heterocycles. The Labute approximate surface area is 112 Å². The van der Waals surface area contributed by atoms with Gasteiger partial charge in [0.05, 0.1) is 22.3 Å². The normalized spacial score (nSPS) is 21.2. The smallest absolute Gasteiger partial charge is 0.337 e. The second kappa shape index (κ2) is 5.21. The van der Waals surface area contributed by atoms with Crippen molar-refractivity contribution in [1.29, 1.82) is 0 Å². The zero-order valence-electron chi connectivity index (χ0n) is 10.7. The third-order valence-electron chi connectivity index (χ3n) is 3.47. The molecule has 2 rings (SSSR count). The van der Waals surface area contributed by atoms with E-state index in [1.165, 1.54) is 6.07 Å². The molecule has 1 unspecified atom stereocenters. The van der Waals surface area contributed by atoms with Crippen LogP contribution >= 0.6 is 0 Å². The Kier molecular flexibility index (Phi) is 3.80. The molecular formula is C13H17NO4S. The lowest BCUT2D eigenvalue weighted by atomic mass is 10.1. The first kappa shape index (κ1) is 13.9. The lowest BCUT2D eigenvalue weighted by Crippen LogP contribution is -2.26. The van der Waals surface area contributed by atoms with Crippen molar-refractivity contribution in [2.45, 2.75) is 25.0 Å². The van der Waals surface area contributed by atoms with Crippen LogP contribution in [0.4, 0.5) is 5.69 Å². The lowest BCUT2D eigenvalue weighted by molar-refractivity contribution is 0.0698. The predicted octanol–water partition coefficient (Wildman–Crippen LogP) is 1.68. The van der Waals surface area contributed by atoms with E-state index in [2.05, 4.69) is 5.32 Å². The van der Waals surface area contributed by atoms with Crippen molar-refractivity contribution in [2.24, 2.45) is 0 Å². The van der Waals surface area contributed by atoms with Gasteiger partial charge in [-0.3, -0.25) is 0 Å². The van der Waals surface area contributed by atoms with Gasteiger partial charge in [-0.15, -0.1) is 0 Å². The minimum atomic E-state index is -3.01. The van der Waals surface area contributed by atoms with Crippen LogP contribution in [-0.4, -0.2) is 37.0 Å². The van der Waals surface area contributed by atoms with Gasteiger partial charge in [0.1, 0.15) is 0 Å². The number of hydrogen-bond acceptors (Lipinski definition) is 4. The van der Waals surface area contributed by atoms with Crippen LogP contribution in [0.3, 0.4) is 0 Å². The minimum Gasteiger partial charge on any atom is -0.478 e. The van der Waals surface area contributed by atoms with Crippen molar-refractivity contribution < 1.29 is 18.3 Å². The van der Waals surface area contributed by atoms with Crippen LogP contribution in [0.5, 0.6) is 0 Å². The Bertz CT molecular complexity index is 595. The standard InChI is InChI=1S/C13H17NO4S/c1-9-4-2-6-11(13(15)16)12(9)14-8-10-5-3-7-19(10,17)18/h2,4,6,10,14H,3,5,7-8H2,1H3,(H,15,16). The Morgan fingerprint density at radius 3 is 2.79 bits per heavy atom. The van der Waals surface area contributed by atoms with E-state index in [1.807, 2.05) is 0 Å². The van der Waals surface area contributed by atoms with E-state index in [4.69, 9.17) is 5.11 Å². The number of aryl methyl sites for hydroxylation is 1. The highest BCUT2D eigenvalue weighted by atomic mass is 32.2. The largest absolute Gasteiger partial charge is 0.478 e. The molecular weight excluding hydrogens is 266 g/mol. The Morgan fingerprint density at radius 1 is 1.47 bits per heavy atom. The van der Waals surface area contributed by atoms with Crippen LogP contribution in [-0.2, 0) is 9.84 Å². The molecule has 2 N–H and O–H groups in total. The molecule has 0 bridgehead atoms. The molecule has 1 atom stereocenters. The Balaban J connectivity index is 2.18. The van der Waals surface area contributed by atoms with Gasteiger partial charge in [-0.2, -0.15) is 0 Å². The summed E-state index contributed by atoms with van der Waals surface area (Å²) in [4.78, 5) is 11.1. The van der Waals surface area contributed by atoms with Gasteiger partial charge in [0.2, 0.25) is 0 Å². The Hall–Kier alpha value is -1.56. The molecule has 0 spiro atoms. The maximum Gasteiger partial charge on any atom is 0.337 e. The molecule has 104 valence electrons. The topological polar surface area (TPSA) is 83.5 Å². The quantitative estimate of drug-likeness (QED) is 0.878. The van der Waals surface area contributed by atoms with E-state index in [0.29, 0.717) is 18.5 Å². The molecule has 0 radical (unpaired) electrons. The number of hydrogen-bond donors (Lipinski definition) is 2. The number of nitrogens with one attached hydrogen (secondary N) is 1. The first-order valence-corrected chi connectivity index (χ1v) is 7.91. The number of carboxylic acids is 1. The highest BCUT2D eigenvalue weighted by molar-refractivity contribution is 7.92. The maximum absolute atomic E-state index is 11.7. The van der Waals surface area contributed by atoms with Crippen molar-refractivity contribution >= 4 is 21.5 Å². The molecule has 0 saturated carbocycles. The van der Waals surface area contributed by atoms with Gasteiger partial charge in [0.15, 0.2) is 9.84 Å². The zero-order chi connectivity index (χ0) is 14.0. The molecule has 0 aromatic heterocycles. The highest BCUT2D eigenvalue weighted by Crippen LogP contribution is 2.24. The summed E-state index contributed by atoms with van der Waals surface area (Å²) in [5.74, 6) is -0.778. The second-order valence-corrected chi connectivity index (χ2v) is 7.22. The first-order chi connectivity index (χ1) is 8.92. The summed E-state index contributed by atoms with van der Waals surface area (Å²) < 4.78 is 23.5. The maximum atomic E-state index is 11.7. The lowest BCUT2D eigenvalue weighted by Gasteiger charge is -2.15. The fraction of sp³-hybridized carbons (Fsp3) is 0.462. The number of carboxylic acid groups (broad SMARTS) is 1. The second-order valence-electron chi connectivity index (χ2n) is 4.81. The number of para-hydroxylation sites is 1. The number of benzene rings is 1. The van der Waals surface area contributed by atoms with E-state index >= 15 is 0 Å². The number of sulfone groups is 1. The fourth-order valence-corrected chi connectivity index (χ4v) is 4.15. The van der Waals surface area contributed by atoms with E-state index in [0.717, 1.165) is 5.56 Å². The average molecular weight is 283 g/mol. The van der Waals surface area contributed by atoms with Gasteiger partial charge in [-0.25, -0.2) is 13.2 Å². The van der Waals surface area contributed by atoms with Gasteiger partial charge in [-0.05, 0) is 31.4 Å². The van der Waals surface area contributed by atoms with Crippen LogP contribution in [0.25, 0.3) is 0 Å². The summed E-state index contributed by atoms with van der Waals surface area (Å²) in [5, 5.41) is 11.7. The summed E-state index contributed by atoms with van der Waals surface area (Å²) in [6.07, 6.45) is 1.33. The molecule has 1 fully saturated rings. The Morgan fingerprint density at radius 2 is 2.21 bits per heavy atom. The summed E-state index contributed by atoms with van der Waals surface area (Å²) in [5.41, 5.74) is 1.49. The van der Waals surface area contributed by atoms with Crippen molar-refractivity contribution in [3.8, 4) is 0 Å². The van der Waals surface area contributed by atoms with Crippen LogP contribution < -0.4 is 5.32 Å². The van der Waals surface area contributed by atoms with Crippen molar-refractivity contribution in [3.63, 3.8) is 0 Å². The van der Waals surface area contributed by atoms with E-state index in [-0.39, 0.29) is 17.9 Å². The minimum absolute atomic E-state index is 0.176. The van der Waals surface area contributed by atoms with Crippen molar-refractivity contribution in [2.75, 3.05) is 17.6 Å². The van der Waals surface area contributed by atoms with Gasteiger partial charge in [0, 0.05) is 6.54 Å².